The van der Waals surface area contributed by atoms with Crippen molar-refractivity contribution in [3.63, 3.8) is 0 Å². The minimum absolute atomic E-state index is 0.0521. The Hall–Kier alpha value is -4.06. The van der Waals surface area contributed by atoms with E-state index in [9.17, 15) is 14.7 Å². The molecule has 1 fully saturated rings. The Morgan fingerprint density at radius 2 is 1.54 bits per heavy atom. The van der Waals surface area contributed by atoms with Gasteiger partial charge < -0.3 is 14.6 Å². The number of aryl methyl sites for hydroxylation is 2. The molecule has 0 radical (unpaired) electrons. The van der Waals surface area contributed by atoms with Crippen molar-refractivity contribution in [3.05, 3.63) is 94.6 Å². The summed E-state index contributed by atoms with van der Waals surface area (Å²) in [6, 6.07) is 19.1. The van der Waals surface area contributed by atoms with E-state index >= 15 is 0 Å². The van der Waals surface area contributed by atoms with Crippen LogP contribution in [0.25, 0.3) is 5.76 Å². The van der Waals surface area contributed by atoms with Gasteiger partial charge in [0, 0.05) is 17.3 Å². The molecule has 1 aliphatic heterocycles. The Bertz CT molecular complexity index is 1300. The van der Waals surface area contributed by atoms with Crippen molar-refractivity contribution >= 4 is 23.1 Å². The van der Waals surface area contributed by atoms with Gasteiger partial charge >= 0.3 is 0 Å². The van der Waals surface area contributed by atoms with E-state index in [-0.39, 0.29) is 11.3 Å². The van der Waals surface area contributed by atoms with Crippen molar-refractivity contribution in [2.75, 3.05) is 18.1 Å². The van der Waals surface area contributed by atoms with Crippen molar-refractivity contribution in [2.24, 2.45) is 0 Å². The molecule has 6 nitrogen and oxygen atoms in total. The third-order valence-electron chi connectivity index (χ3n) is 6.15. The first kappa shape index (κ1) is 24.1. The summed E-state index contributed by atoms with van der Waals surface area (Å²) in [5.41, 5.74) is 3.79. The predicted octanol–water partition coefficient (Wildman–Crippen LogP) is 5.73. The average molecular weight is 472 g/mol. The molecule has 0 aliphatic carbocycles. The van der Waals surface area contributed by atoms with Gasteiger partial charge in [-0.1, -0.05) is 42.5 Å². The Morgan fingerprint density at radius 1 is 0.857 bits per heavy atom. The number of hydrogen-bond acceptors (Lipinski definition) is 5. The molecule has 35 heavy (non-hydrogen) atoms. The van der Waals surface area contributed by atoms with Crippen LogP contribution in [0.1, 0.15) is 42.1 Å². The summed E-state index contributed by atoms with van der Waals surface area (Å²) in [4.78, 5) is 28.2. The van der Waals surface area contributed by atoms with Gasteiger partial charge in [0.1, 0.15) is 5.76 Å². The second-order valence-corrected chi connectivity index (χ2v) is 8.38. The Balaban J connectivity index is 1.91. The smallest absolute Gasteiger partial charge is 0.300 e. The normalized spacial score (nSPS) is 17.0. The number of amides is 1. The largest absolute Gasteiger partial charge is 0.507 e. The molecule has 1 heterocycles. The maximum Gasteiger partial charge on any atom is 0.300 e. The van der Waals surface area contributed by atoms with Crippen LogP contribution in [0.3, 0.4) is 0 Å². The number of carbonyl (C=O) groups excluding carboxylic acids is 2. The fraction of sp³-hybridized carbons (Fsp3) is 0.241. The molecule has 1 unspecified atom stereocenters. The molecule has 1 amide bonds. The summed E-state index contributed by atoms with van der Waals surface area (Å²) >= 11 is 0. The number of aliphatic hydroxyl groups is 1. The fourth-order valence-electron chi connectivity index (χ4n) is 4.28. The van der Waals surface area contributed by atoms with Crippen molar-refractivity contribution in [1.82, 2.24) is 0 Å². The Labute approximate surface area is 205 Å². The van der Waals surface area contributed by atoms with Crippen molar-refractivity contribution in [3.8, 4) is 11.5 Å². The molecule has 1 atom stereocenters. The molecule has 3 aromatic rings. The summed E-state index contributed by atoms with van der Waals surface area (Å²) in [5.74, 6) is -0.605. The van der Waals surface area contributed by atoms with Gasteiger partial charge in [-0.25, -0.2) is 0 Å². The van der Waals surface area contributed by atoms with Crippen LogP contribution in [0.2, 0.25) is 0 Å². The summed E-state index contributed by atoms with van der Waals surface area (Å²) in [6.07, 6.45) is 0. The van der Waals surface area contributed by atoms with E-state index in [0.29, 0.717) is 41.5 Å². The van der Waals surface area contributed by atoms with Gasteiger partial charge in [0.05, 0.1) is 24.8 Å². The third kappa shape index (κ3) is 4.52. The van der Waals surface area contributed by atoms with Gasteiger partial charge in [-0.05, 0) is 62.6 Å². The van der Waals surface area contributed by atoms with Crippen LogP contribution in [-0.2, 0) is 9.59 Å². The van der Waals surface area contributed by atoms with Crippen molar-refractivity contribution in [1.29, 1.82) is 0 Å². The molecule has 1 saturated heterocycles. The number of ether oxygens (including phenoxy) is 2. The second-order valence-electron chi connectivity index (χ2n) is 8.38. The van der Waals surface area contributed by atoms with E-state index < -0.39 is 17.7 Å². The molecule has 180 valence electrons. The van der Waals surface area contributed by atoms with Gasteiger partial charge in [-0.3, -0.25) is 14.5 Å². The molecular weight excluding hydrogens is 442 g/mol. The number of benzene rings is 3. The number of anilines is 1. The Kier molecular flexibility index (Phi) is 6.92. The van der Waals surface area contributed by atoms with Crippen LogP contribution in [0.5, 0.6) is 11.5 Å². The van der Waals surface area contributed by atoms with E-state index in [2.05, 4.69) is 0 Å². The first-order valence-corrected chi connectivity index (χ1v) is 11.7. The van der Waals surface area contributed by atoms with Crippen LogP contribution in [0, 0.1) is 13.8 Å². The van der Waals surface area contributed by atoms with E-state index in [0.717, 1.165) is 11.1 Å². The van der Waals surface area contributed by atoms with Crippen LogP contribution in [0.4, 0.5) is 5.69 Å². The lowest BCUT2D eigenvalue weighted by Gasteiger charge is -2.26. The lowest BCUT2D eigenvalue weighted by Crippen LogP contribution is -2.29. The zero-order chi connectivity index (χ0) is 25.1. The van der Waals surface area contributed by atoms with E-state index in [4.69, 9.17) is 9.47 Å². The third-order valence-corrected chi connectivity index (χ3v) is 6.15. The van der Waals surface area contributed by atoms with Crippen molar-refractivity contribution in [2.45, 2.75) is 33.7 Å². The molecule has 0 saturated carbocycles. The zero-order valence-electron chi connectivity index (χ0n) is 20.4. The van der Waals surface area contributed by atoms with Gasteiger partial charge in [-0.2, -0.15) is 0 Å². The van der Waals surface area contributed by atoms with Crippen molar-refractivity contribution < 1.29 is 24.2 Å². The fourth-order valence-corrected chi connectivity index (χ4v) is 4.28. The zero-order valence-corrected chi connectivity index (χ0v) is 20.4. The first-order chi connectivity index (χ1) is 16.9. The minimum atomic E-state index is -0.801. The van der Waals surface area contributed by atoms with Gasteiger partial charge in [0.15, 0.2) is 11.5 Å². The van der Waals surface area contributed by atoms with Crippen LogP contribution in [-0.4, -0.2) is 30.0 Å². The second kappa shape index (κ2) is 10.1. The van der Waals surface area contributed by atoms with E-state index in [1.165, 1.54) is 4.90 Å². The molecule has 0 bridgehead atoms. The van der Waals surface area contributed by atoms with E-state index in [1.807, 2.05) is 70.2 Å². The van der Waals surface area contributed by atoms with Crippen LogP contribution < -0.4 is 14.4 Å². The number of Topliss-reactive ketones (excluding diaryl/α,β-unsaturated/α-hetero) is 1. The molecule has 3 aromatic carbocycles. The standard InChI is InChI=1S/C29H29NO5/c1-5-34-23-15-14-22(17-24(23)35-6-2)30-26(20-10-8-7-9-11-20)25(28(32)29(30)33)27(31)21-13-12-18(3)19(4)16-21/h7-17,26,31H,5-6H2,1-4H3/b27-25+. The van der Waals surface area contributed by atoms with Gasteiger partial charge in [-0.15, -0.1) is 0 Å². The SMILES string of the molecule is CCOc1ccc(N2C(=O)C(=O)/C(=C(/O)c3ccc(C)c(C)c3)C2c2ccccc2)cc1OCC. The highest BCUT2D eigenvalue weighted by molar-refractivity contribution is 6.51. The van der Waals surface area contributed by atoms with Crippen LogP contribution in [0.15, 0.2) is 72.3 Å². The molecule has 0 spiro atoms. The molecule has 1 aliphatic rings. The molecule has 4 rings (SSSR count). The highest BCUT2D eigenvalue weighted by atomic mass is 16.5. The highest BCUT2D eigenvalue weighted by Crippen LogP contribution is 2.44. The quantitative estimate of drug-likeness (QED) is 0.271. The number of aliphatic hydroxyl groups excluding tert-OH is 1. The number of ketones is 1. The number of carbonyl (C=O) groups is 2. The molecule has 1 N–H and O–H groups in total. The molecular formula is C29H29NO5. The lowest BCUT2D eigenvalue weighted by atomic mass is 9.94. The monoisotopic (exact) mass is 471 g/mol. The predicted molar refractivity (Wildman–Crippen MR) is 136 cm³/mol. The maximum absolute atomic E-state index is 13.4. The average Bonchev–Trinajstić information content (AvgIpc) is 3.12. The highest BCUT2D eigenvalue weighted by Gasteiger charge is 2.47. The topological polar surface area (TPSA) is 76.1 Å². The summed E-state index contributed by atoms with van der Waals surface area (Å²) < 4.78 is 11.4. The van der Waals surface area contributed by atoms with Gasteiger partial charge in [0.2, 0.25) is 0 Å². The number of nitrogens with zero attached hydrogens (tertiary/aromatic N) is 1. The summed E-state index contributed by atoms with van der Waals surface area (Å²) in [6.45, 7) is 8.53. The van der Waals surface area contributed by atoms with Crippen LogP contribution >= 0.6 is 0 Å². The first-order valence-electron chi connectivity index (χ1n) is 11.7. The summed E-state index contributed by atoms with van der Waals surface area (Å²) in [7, 11) is 0. The van der Waals surface area contributed by atoms with Gasteiger partial charge in [0.25, 0.3) is 11.7 Å². The van der Waals surface area contributed by atoms with E-state index in [1.54, 1.807) is 24.3 Å². The maximum atomic E-state index is 13.4. The lowest BCUT2D eigenvalue weighted by molar-refractivity contribution is -0.132. The Morgan fingerprint density at radius 3 is 2.20 bits per heavy atom. The minimum Gasteiger partial charge on any atom is -0.507 e. The number of rotatable bonds is 7. The summed E-state index contributed by atoms with van der Waals surface area (Å²) in [5, 5.41) is 11.3. The number of hydrogen-bond donors (Lipinski definition) is 1. The molecule has 6 heteroatoms. The molecule has 0 aromatic heterocycles.